The molecule has 0 aliphatic heterocycles. The SMILES string of the molecule is Clc1ccsc1CCCCCCNC1CC1. The van der Waals surface area contributed by atoms with Gasteiger partial charge in [0.15, 0.2) is 0 Å². The van der Waals surface area contributed by atoms with Gasteiger partial charge in [0.2, 0.25) is 0 Å². The lowest BCUT2D eigenvalue weighted by atomic mass is 10.1. The van der Waals surface area contributed by atoms with Gasteiger partial charge >= 0.3 is 0 Å². The Kier molecular flexibility index (Phi) is 5.14. The van der Waals surface area contributed by atoms with E-state index in [0.717, 1.165) is 17.5 Å². The molecular formula is C13H20ClNS. The summed E-state index contributed by atoms with van der Waals surface area (Å²) in [7, 11) is 0. The molecule has 16 heavy (non-hydrogen) atoms. The van der Waals surface area contributed by atoms with Gasteiger partial charge in [-0.15, -0.1) is 11.3 Å². The first-order valence-electron chi connectivity index (χ1n) is 6.31. The summed E-state index contributed by atoms with van der Waals surface area (Å²) in [6.07, 6.45) is 9.25. The molecule has 1 nitrogen and oxygen atoms in total. The number of nitrogens with one attached hydrogen (secondary N) is 1. The summed E-state index contributed by atoms with van der Waals surface area (Å²) in [6.45, 7) is 1.21. The van der Waals surface area contributed by atoms with E-state index < -0.39 is 0 Å². The maximum atomic E-state index is 6.04. The molecule has 0 bridgehead atoms. The molecule has 0 unspecified atom stereocenters. The van der Waals surface area contributed by atoms with Crippen molar-refractivity contribution in [2.45, 2.75) is 51.0 Å². The lowest BCUT2D eigenvalue weighted by Gasteiger charge is -2.02. The zero-order valence-electron chi connectivity index (χ0n) is 9.68. The van der Waals surface area contributed by atoms with Crippen LogP contribution in [-0.4, -0.2) is 12.6 Å². The van der Waals surface area contributed by atoms with Crippen molar-refractivity contribution in [3.8, 4) is 0 Å². The van der Waals surface area contributed by atoms with Gasteiger partial charge < -0.3 is 5.32 Å². The average Bonchev–Trinajstić information content (AvgIpc) is 3.01. The van der Waals surface area contributed by atoms with Crippen LogP contribution in [0.3, 0.4) is 0 Å². The normalized spacial score (nSPS) is 15.6. The van der Waals surface area contributed by atoms with Gasteiger partial charge in [0.05, 0.1) is 5.02 Å². The van der Waals surface area contributed by atoms with Gasteiger partial charge in [0.1, 0.15) is 0 Å². The van der Waals surface area contributed by atoms with Crippen molar-refractivity contribution in [2.75, 3.05) is 6.54 Å². The number of hydrogen-bond donors (Lipinski definition) is 1. The lowest BCUT2D eigenvalue weighted by molar-refractivity contribution is 0.586. The smallest absolute Gasteiger partial charge is 0.0544 e. The van der Waals surface area contributed by atoms with Crippen LogP contribution in [0.15, 0.2) is 11.4 Å². The highest BCUT2D eigenvalue weighted by Gasteiger charge is 2.19. The highest BCUT2D eigenvalue weighted by molar-refractivity contribution is 7.10. The molecule has 1 aliphatic rings. The Bertz CT molecular complexity index is 307. The van der Waals surface area contributed by atoms with E-state index in [1.165, 1.54) is 49.9 Å². The van der Waals surface area contributed by atoms with E-state index in [2.05, 4.69) is 10.7 Å². The predicted molar refractivity (Wildman–Crippen MR) is 72.5 cm³/mol. The summed E-state index contributed by atoms with van der Waals surface area (Å²) in [4.78, 5) is 1.36. The van der Waals surface area contributed by atoms with Crippen molar-refractivity contribution in [3.05, 3.63) is 21.3 Å². The van der Waals surface area contributed by atoms with Crippen molar-refractivity contribution in [3.63, 3.8) is 0 Å². The van der Waals surface area contributed by atoms with Crippen LogP contribution in [0.5, 0.6) is 0 Å². The Morgan fingerprint density at radius 2 is 2.06 bits per heavy atom. The third-order valence-electron chi connectivity index (χ3n) is 3.03. The summed E-state index contributed by atoms with van der Waals surface area (Å²) in [5.74, 6) is 0. The van der Waals surface area contributed by atoms with E-state index in [4.69, 9.17) is 11.6 Å². The molecule has 0 spiro atoms. The number of thiophene rings is 1. The maximum Gasteiger partial charge on any atom is 0.0544 e. The molecule has 3 heteroatoms. The maximum absolute atomic E-state index is 6.04. The highest BCUT2D eigenvalue weighted by Crippen LogP contribution is 2.24. The van der Waals surface area contributed by atoms with Crippen LogP contribution >= 0.6 is 22.9 Å². The molecular weight excluding hydrogens is 238 g/mol. The molecule has 1 saturated carbocycles. The minimum absolute atomic E-state index is 0.866. The largest absolute Gasteiger partial charge is 0.314 e. The molecule has 1 fully saturated rings. The van der Waals surface area contributed by atoms with Crippen LogP contribution in [0.1, 0.15) is 43.4 Å². The Hall–Kier alpha value is -0.0500. The molecule has 0 aromatic carbocycles. The first-order valence-corrected chi connectivity index (χ1v) is 7.57. The number of rotatable bonds is 8. The molecule has 0 saturated heterocycles. The molecule has 1 aromatic rings. The monoisotopic (exact) mass is 257 g/mol. The second-order valence-electron chi connectivity index (χ2n) is 4.58. The van der Waals surface area contributed by atoms with E-state index >= 15 is 0 Å². The number of unbranched alkanes of at least 4 members (excludes halogenated alkanes) is 3. The second-order valence-corrected chi connectivity index (χ2v) is 5.99. The van der Waals surface area contributed by atoms with Gasteiger partial charge in [-0.25, -0.2) is 0 Å². The lowest BCUT2D eigenvalue weighted by Crippen LogP contribution is -2.17. The van der Waals surface area contributed by atoms with Crippen molar-refractivity contribution < 1.29 is 0 Å². The van der Waals surface area contributed by atoms with Crippen LogP contribution in [0.2, 0.25) is 5.02 Å². The minimum atomic E-state index is 0.866. The van der Waals surface area contributed by atoms with Gasteiger partial charge in [-0.1, -0.05) is 24.4 Å². The standard InChI is InChI=1S/C13H20ClNS/c14-12-8-10-16-13(12)5-3-1-2-4-9-15-11-6-7-11/h8,10-11,15H,1-7,9H2. The second kappa shape index (κ2) is 6.63. The van der Waals surface area contributed by atoms with Crippen molar-refractivity contribution >= 4 is 22.9 Å². The minimum Gasteiger partial charge on any atom is -0.314 e. The molecule has 1 aromatic heterocycles. The van der Waals surface area contributed by atoms with Crippen LogP contribution in [-0.2, 0) is 6.42 Å². The van der Waals surface area contributed by atoms with Gasteiger partial charge in [-0.05, 0) is 50.1 Å². The summed E-state index contributed by atoms with van der Waals surface area (Å²) in [5.41, 5.74) is 0. The highest BCUT2D eigenvalue weighted by atomic mass is 35.5. The third kappa shape index (κ3) is 4.44. The first-order chi connectivity index (χ1) is 7.86. The van der Waals surface area contributed by atoms with Gasteiger partial charge in [0.25, 0.3) is 0 Å². The number of aryl methyl sites for hydroxylation is 1. The topological polar surface area (TPSA) is 12.0 Å². The van der Waals surface area contributed by atoms with Crippen molar-refractivity contribution in [1.29, 1.82) is 0 Å². The molecule has 0 radical (unpaired) electrons. The van der Waals surface area contributed by atoms with Crippen LogP contribution in [0.4, 0.5) is 0 Å². The van der Waals surface area contributed by atoms with E-state index in [9.17, 15) is 0 Å². The van der Waals surface area contributed by atoms with Gasteiger partial charge in [-0.3, -0.25) is 0 Å². The molecule has 1 aliphatic carbocycles. The fourth-order valence-corrected chi connectivity index (χ4v) is 3.04. The molecule has 0 amide bonds. The summed E-state index contributed by atoms with van der Waals surface area (Å²) in [6, 6.07) is 2.87. The summed E-state index contributed by atoms with van der Waals surface area (Å²) in [5, 5.41) is 6.59. The van der Waals surface area contributed by atoms with Crippen molar-refractivity contribution in [2.24, 2.45) is 0 Å². The summed E-state index contributed by atoms with van der Waals surface area (Å²) >= 11 is 7.83. The van der Waals surface area contributed by atoms with E-state index in [1.807, 2.05) is 6.07 Å². The fourth-order valence-electron chi connectivity index (χ4n) is 1.86. The van der Waals surface area contributed by atoms with Crippen LogP contribution < -0.4 is 5.32 Å². The van der Waals surface area contributed by atoms with Crippen molar-refractivity contribution in [1.82, 2.24) is 5.32 Å². The van der Waals surface area contributed by atoms with Gasteiger partial charge in [-0.2, -0.15) is 0 Å². The fraction of sp³-hybridized carbons (Fsp3) is 0.692. The zero-order chi connectivity index (χ0) is 11.2. The molecule has 2 rings (SSSR count). The van der Waals surface area contributed by atoms with Gasteiger partial charge in [0, 0.05) is 10.9 Å². The quantitative estimate of drug-likeness (QED) is 0.687. The van der Waals surface area contributed by atoms with E-state index in [0.29, 0.717) is 0 Å². The molecule has 1 heterocycles. The van der Waals surface area contributed by atoms with Crippen LogP contribution in [0.25, 0.3) is 0 Å². The Morgan fingerprint density at radius 1 is 1.25 bits per heavy atom. The predicted octanol–water partition coefficient (Wildman–Crippen LogP) is 4.26. The van der Waals surface area contributed by atoms with E-state index in [-0.39, 0.29) is 0 Å². The van der Waals surface area contributed by atoms with E-state index in [1.54, 1.807) is 11.3 Å². The van der Waals surface area contributed by atoms with Crippen LogP contribution in [0, 0.1) is 0 Å². The Balaban J connectivity index is 1.44. The number of hydrogen-bond acceptors (Lipinski definition) is 2. The molecule has 1 N–H and O–H groups in total. The molecule has 0 atom stereocenters. The molecule has 90 valence electrons. The number of halogens is 1. The Morgan fingerprint density at radius 3 is 2.75 bits per heavy atom. The first kappa shape index (κ1) is 12.4. The summed E-state index contributed by atoms with van der Waals surface area (Å²) < 4.78 is 0. The Labute approximate surface area is 107 Å². The zero-order valence-corrected chi connectivity index (χ0v) is 11.2. The average molecular weight is 258 g/mol. The third-order valence-corrected chi connectivity index (χ3v) is 4.48.